The molecular weight excluding hydrogens is 376 g/mol. The number of amides is 1. The smallest absolute Gasteiger partial charge is 0.412 e. The number of nitrogens with two attached hydrogens (primary N) is 1. The molecule has 0 aliphatic carbocycles. The minimum absolute atomic E-state index is 0.462. The first-order valence-electron chi connectivity index (χ1n) is 10.5. The maximum Gasteiger partial charge on any atom is 0.412 e. The van der Waals surface area contributed by atoms with Crippen LogP contribution in [0.2, 0.25) is 0 Å². The Morgan fingerprint density at radius 1 is 1.13 bits per heavy atom. The third-order valence-corrected chi connectivity index (χ3v) is 5.42. The molecule has 2 aromatic rings. The summed E-state index contributed by atoms with van der Waals surface area (Å²) in [5, 5.41) is 2.97. The fourth-order valence-corrected chi connectivity index (χ4v) is 3.87. The summed E-state index contributed by atoms with van der Waals surface area (Å²) in [7, 11) is 4.25. The Balaban J connectivity index is 1.94. The van der Waals surface area contributed by atoms with E-state index in [-0.39, 0.29) is 0 Å². The monoisotopic (exact) mass is 410 g/mol. The van der Waals surface area contributed by atoms with E-state index in [0.29, 0.717) is 11.7 Å². The van der Waals surface area contributed by atoms with Crippen LogP contribution in [0, 0.1) is 0 Å². The van der Waals surface area contributed by atoms with E-state index in [0.717, 1.165) is 48.4 Å². The van der Waals surface area contributed by atoms with E-state index in [1.165, 1.54) is 0 Å². The maximum absolute atomic E-state index is 12.5. The van der Waals surface area contributed by atoms with Crippen molar-refractivity contribution in [2.24, 2.45) is 0 Å². The number of nitrogen functional groups attached to an aromatic ring is 1. The summed E-state index contributed by atoms with van der Waals surface area (Å²) >= 11 is 0. The van der Waals surface area contributed by atoms with Gasteiger partial charge in [-0.25, -0.2) is 4.79 Å². The van der Waals surface area contributed by atoms with Gasteiger partial charge in [-0.3, -0.25) is 5.32 Å². The Hall–Kier alpha value is -2.73. The second kappa shape index (κ2) is 8.96. The summed E-state index contributed by atoms with van der Waals surface area (Å²) in [6, 6.07) is 14.5. The number of ether oxygens (including phenoxy) is 1. The third kappa shape index (κ3) is 5.45. The van der Waals surface area contributed by atoms with Gasteiger partial charge in [-0.15, -0.1) is 0 Å². The maximum atomic E-state index is 12.5. The molecule has 3 rings (SSSR count). The zero-order valence-corrected chi connectivity index (χ0v) is 18.7. The Bertz CT molecular complexity index is 867. The summed E-state index contributed by atoms with van der Waals surface area (Å²) in [4.78, 5) is 17.1. The molecule has 0 bridgehead atoms. The largest absolute Gasteiger partial charge is 0.444 e. The predicted molar refractivity (Wildman–Crippen MR) is 125 cm³/mol. The first kappa shape index (κ1) is 22.0. The lowest BCUT2D eigenvalue weighted by molar-refractivity contribution is 0.0636. The summed E-state index contributed by atoms with van der Waals surface area (Å²) in [5.74, 6) is 0. The molecule has 0 unspecified atom stereocenters. The Morgan fingerprint density at radius 2 is 1.77 bits per heavy atom. The lowest BCUT2D eigenvalue weighted by atomic mass is 9.99. The summed E-state index contributed by atoms with van der Waals surface area (Å²) in [6.07, 6.45) is 1.68. The van der Waals surface area contributed by atoms with Gasteiger partial charge < -0.3 is 20.3 Å². The van der Waals surface area contributed by atoms with Crippen molar-refractivity contribution in [1.82, 2.24) is 4.90 Å². The molecule has 6 nitrogen and oxygen atoms in total. The highest BCUT2D eigenvalue weighted by atomic mass is 16.6. The van der Waals surface area contributed by atoms with Crippen LogP contribution in [-0.4, -0.2) is 49.8 Å². The van der Waals surface area contributed by atoms with E-state index < -0.39 is 11.7 Å². The molecule has 1 fully saturated rings. The van der Waals surface area contributed by atoms with E-state index >= 15 is 0 Å². The highest BCUT2D eigenvalue weighted by Gasteiger charge is 2.25. The SMILES string of the molecule is CN(C)C1CCN(c2cc(N)c(-c3ccccc3)cc2NC(=O)OC(C)(C)C)CC1. The van der Waals surface area contributed by atoms with E-state index in [2.05, 4.69) is 29.2 Å². The van der Waals surface area contributed by atoms with E-state index in [4.69, 9.17) is 10.5 Å². The van der Waals surface area contributed by atoms with Crippen LogP contribution in [0.1, 0.15) is 33.6 Å². The van der Waals surface area contributed by atoms with Gasteiger partial charge in [0.1, 0.15) is 5.60 Å². The van der Waals surface area contributed by atoms with Gasteiger partial charge in [0.2, 0.25) is 0 Å². The van der Waals surface area contributed by atoms with Crippen molar-refractivity contribution in [2.45, 2.75) is 45.3 Å². The minimum Gasteiger partial charge on any atom is -0.444 e. The fraction of sp³-hybridized carbons (Fsp3) is 0.458. The van der Waals surface area contributed by atoms with E-state index in [9.17, 15) is 4.79 Å². The number of nitrogens with zero attached hydrogens (tertiary/aromatic N) is 2. The number of anilines is 3. The number of nitrogens with one attached hydrogen (secondary N) is 1. The highest BCUT2D eigenvalue weighted by molar-refractivity contribution is 5.95. The molecular formula is C24H34N4O2. The lowest BCUT2D eigenvalue weighted by Crippen LogP contribution is -2.42. The van der Waals surface area contributed by atoms with Crippen LogP contribution in [0.15, 0.2) is 42.5 Å². The van der Waals surface area contributed by atoms with Gasteiger partial charge in [-0.2, -0.15) is 0 Å². The van der Waals surface area contributed by atoms with Crippen LogP contribution < -0.4 is 16.0 Å². The lowest BCUT2D eigenvalue weighted by Gasteiger charge is -2.37. The van der Waals surface area contributed by atoms with Gasteiger partial charge in [0.15, 0.2) is 0 Å². The minimum atomic E-state index is -0.565. The van der Waals surface area contributed by atoms with Crippen LogP contribution >= 0.6 is 0 Å². The zero-order chi connectivity index (χ0) is 21.9. The van der Waals surface area contributed by atoms with Crippen LogP contribution in [0.3, 0.4) is 0 Å². The van der Waals surface area contributed by atoms with Crippen molar-refractivity contribution in [3.05, 3.63) is 42.5 Å². The molecule has 1 heterocycles. The van der Waals surface area contributed by atoms with Crippen molar-refractivity contribution in [2.75, 3.05) is 43.1 Å². The molecule has 3 N–H and O–H groups in total. The van der Waals surface area contributed by atoms with Crippen LogP contribution in [0.4, 0.5) is 21.9 Å². The quantitative estimate of drug-likeness (QED) is 0.708. The molecule has 1 saturated heterocycles. The van der Waals surface area contributed by atoms with Crippen molar-refractivity contribution in [1.29, 1.82) is 0 Å². The molecule has 0 aromatic heterocycles. The van der Waals surface area contributed by atoms with Gasteiger partial charge in [-0.05, 0) is 65.4 Å². The van der Waals surface area contributed by atoms with Gasteiger partial charge in [0.05, 0.1) is 11.4 Å². The van der Waals surface area contributed by atoms with Crippen LogP contribution in [0.5, 0.6) is 0 Å². The summed E-state index contributed by atoms with van der Waals surface area (Å²) in [5.41, 5.74) is 10.2. The third-order valence-electron chi connectivity index (χ3n) is 5.42. The molecule has 6 heteroatoms. The molecule has 0 atom stereocenters. The molecule has 0 radical (unpaired) electrons. The number of rotatable bonds is 4. The Kier molecular flexibility index (Phi) is 6.56. The summed E-state index contributed by atoms with van der Waals surface area (Å²) in [6.45, 7) is 7.40. The molecule has 1 aliphatic rings. The average Bonchev–Trinajstić information content (AvgIpc) is 2.68. The highest BCUT2D eigenvalue weighted by Crippen LogP contribution is 2.38. The van der Waals surface area contributed by atoms with Crippen molar-refractivity contribution in [3.63, 3.8) is 0 Å². The van der Waals surface area contributed by atoms with Crippen LogP contribution in [-0.2, 0) is 4.74 Å². The van der Waals surface area contributed by atoms with Crippen molar-refractivity contribution in [3.8, 4) is 11.1 Å². The van der Waals surface area contributed by atoms with Gasteiger partial charge >= 0.3 is 6.09 Å². The van der Waals surface area contributed by atoms with Gasteiger partial charge in [-0.1, -0.05) is 30.3 Å². The summed E-state index contributed by atoms with van der Waals surface area (Å²) < 4.78 is 5.50. The Morgan fingerprint density at radius 3 is 2.33 bits per heavy atom. The topological polar surface area (TPSA) is 70.8 Å². The van der Waals surface area contributed by atoms with Crippen molar-refractivity contribution < 1.29 is 9.53 Å². The first-order valence-corrected chi connectivity index (χ1v) is 10.5. The van der Waals surface area contributed by atoms with Crippen molar-refractivity contribution >= 4 is 23.2 Å². The molecule has 1 aliphatic heterocycles. The Labute approximate surface area is 180 Å². The molecule has 0 spiro atoms. The van der Waals surface area contributed by atoms with E-state index in [1.54, 1.807) is 0 Å². The molecule has 0 saturated carbocycles. The first-order chi connectivity index (χ1) is 14.1. The molecule has 1 amide bonds. The van der Waals surface area contributed by atoms with E-state index in [1.807, 2.05) is 63.2 Å². The number of hydrogen-bond acceptors (Lipinski definition) is 5. The molecule has 30 heavy (non-hydrogen) atoms. The number of hydrogen-bond donors (Lipinski definition) is 2. The zero-order valence-electron chi connectivity index (χ0n) is 18.7. The average molecular weight is 411 g/mol. The second-order valence-electron chi connectivity index (χ2n) is 9.13. The number of benzene rings is 2. The molecule has 2 aromatic carbocycles. The predicted octanol–water partition coefficient (Wildman–Crippen LogP) is 4.81. The number of carbonyl (C=O) groups is 1. The normalized spacial score (nSPS) is 15.3. The fourth-order valence-electron chi connectivity index (χ4n) is 3.87. The standard InChI is InChI=1S/C24H34N4O2/c1-24(2,3)30-23(29)26-21-15-19(17-9-7-6-8-10-17)20(25)16-22(21)28-13-11-18(12-14-28)27(4)5/h6-10,15-16,18H,11-14,25H2,1-5H3,(H,26,29). The van der Waals surface area contributed by atoms with Gasteiger partial charge in [0.25, 0.3) is 0 Å². The molecule has 162 valence electrons. The van der Waals surface area contributed by atoms with Crippen LogP contribution in [0.25, 0.3) is 11.1 Å². The number of carbonyl (C=O) groups excluding carboxylic acids is 1. The van der Waals surface area contributed by atoms with Gasteiger partial charge in [0, 0.05) is 30.4 Å². The number of piperidine rings is 1. The second-order valence-corrected chi connectivity index (χ2v) is 9.13.